The van der Waals surface area contributed by atoms with Crippen molar-refractivity contribution in [3.63, 3.8) is 0 Å². The lowest BCUT2D eigenvalue weighted by molar-refractivity contribution is 0.143. The summed E-state index contributed by atoms with van der Waals surface area (Å²) in [4.78, 5) is 17.7. The molecular weight excluding hydrogens is 400 g/mol. The number of fused-ring (bicyclic) bond motifs is 2. The topological polar surface area (TPSA) is 126 Å². The molecule has 0 aliphatic rings. The zero-order valence-electron chi connectivity index (χ0n) is 13.5. The normalized spacial score (nSPS) is 12.3. The second-order valence-electron chi connectivity index (χ2n) is 5.80. The lowest BCUT2D eigenvalue weighted by Crippen LogP contribution is -1.98. The number of H-pyrrole nitrogens is 1. The van der Waals surface area contributed by atoms with Gasteiger partial charge in [0.15, 0.2) is 5.82 Å². The number of aromatic nitrogens is 5. The largest absolute Gasteiger partial charge is 0.363 e. The maximum Gasteiger partial charge on any atom is 0.350 e. The number of rotatable bonds is 5. The van der Waals surface area contributed by atoms with Gasteiger partial charge in [-0.2, -0.15) is 5.10 Å². The van der Waals surface area contributed by atoms with E-state index in [1.807, 2.05) is 0 Å². The van der Waals surface area contributed by atoms with Crippen LogP contribution in [0.15, 0.2) is 30.3 Å². The molecular formula is C15H12ClFN5O4P. The van der Waals surface area contributed by atoms with E-state index in [0.29, 0.717) is 22.4 Å². The van der Waals surface area contributed by atoms with Crippen LogP contribution in [0, 0.1) is 5.82 Å². The Bertz CT molecular complexity index is 1200. The van der Waals surface area contributed by atoms with Crippen molar-refractivity contribution in [2.45, 2.75) is 6.61 Å². The zero-order valence-corrected chi connectivity index (χ0v) is 15.2. The minimum Gasteiger partial charge on any atom is -0.363 e. The Morgan fingerprint density at radius 1 is 1.30 bits per heavy atom. The predicted molar refractivity (Wildman–Crippen MR) is 95.2 cm³/mol. The third-order valence-electron chi connectivity index (χ3n) is 3.84. The van der Waals surface area contributed by atoms with E-state index < -0.39 is 19.8 Å². The predicted octanol–water partition coefficient (Wildman–Crippen LogP) is 2.74. The molecule has 0 aliphatic carbocycles. The summed E-state index contributed by atoms with van der Waals surface area (Å²) in [6, 6.07) is 7.93. The summed E-state index contributed by atoms with van der Waals surface area (Å²) in [5.74, 6) is -0.561. The number of halogens is 2. The molecule has 140 valence electrons. The van der Waals surface area contributed by atoms with E-state index in [2.05, 4.69) is 20.5 Å². The van der Waals surface area contributed by atoms with Crippen molar-refractivity contribution in [2.24, 2.45) is 0 Å². The number of hydrogen-bond acceptors (Lipinski definition) is 5. The molecule has 4 aromatic rings. The Labute approximate surface area is 155 Å². The van der Waals surface area contributed by atoms with Gasteiger partial charge >= 0.3 is 7.60 Å². The van der Waals surface area contributed by atoms with Crippen molar-refractivity contribution in [3.8, 4) is 5.69 Å². The lowest BCUT2D eigenvalue weighted by atomic mass is 10.2. The Morgan fingerprint density at radius 3 is 2.89 bits per heavy atom. The van der Waals surface area contributed by atoms with Crippen LogP contribution in [0.2, 0.25) is 5.02 Å². The maximum absolute atomic E-state index is 13.9. The summed E-state index contributed by atoms with van der Waals surface area (Å²) in [6.45, 7) is -0.0337. The summed E-state index contributed by atoms with van der Waals surface area (Å²) in [6.07, 6.45) is -0.678. The van der Waals surface area contributed by atoms with E-state index in [0.717, 1.165) is 5.39 Å². The molecule has 2 aromatic carbocycles. The van der Waals surface area contributed by atoms with Crippen LogP contribution in [0.25, 0.3) is 27.6 Å². The highest BCUT2D eigenvalue weighted by atomic mass is 35.5. The number of ether oxygens (including phenoxy) is 1. The first kappa shape index (κ1) is 18.0. The van der Waals surface area contributed by atoms with E-state index >= 15 is 0 Å². The average Bonchev–Trinajstić information content (AvgIpc) is 3.17. The van der Waals surface area contributed by atoms with Crippen molar-refractivity contribution in [1.29, 1.82) is 0 Å². The number of nitrogens with one attached hydrogen (secondary N) is 1. The van der Waals surface area contributed by atoms with Crippen LogP contribution in [-0.2, 0) is 15.9 Å². The van der Waals surface area contributed by atoms with E-state index in [1.54, 1.807) is 24.3 Å². The molecule has 0 atom stereocenters. The van der Waals surface area contributed by atoms with Gasteiger partial charge < -0.3 is 14.5 Å². The SMILES string of the molecule is O=P(O)(O)COCc1[nH]nc2cc(-n3nnc4c(F)cc(Cl)cc43)ccc12. The third-order valence-corrected chi connectivity index (χ3v) is 4.58. The molecule has 3 N–H and O–H groups in total. The Hall–Kier alpha value is -2.36. The van der Waals surface area contributed by atoms with Gasteiger partial charge in [0.2, 0.25) is 0 Å². The number of nitrogens with zero attached hydrogens (tertiary/aromatic N) is 4. The van der Waals surface area contributed by atoms with E-state index in [4.69, 9.17) is 26.1 Å². The minimum absolute atomic E-state index is 0.0337. The first-order valence-corrected chi connectivity index (χ1v) is 9.79. The highest BCUT2D eigenvalue weighted by molar-refractivity contribution is 7.51. The van der Waals surface area contributed by atoms with Crippen LogP contribution >= 0.6 is 19.2 Å². The number of benzene rings is 2. The standard InChI is InChI=1S/C15H12ClFN5O4P/c16-8-3-11(17)15-14(4-8)22(21-20-15)9-1-2-10-12(5-9)18-19-13(10)6-26-7-27(23,24)25/h1-5H,6-7H2,(H,18,19)(H2,23,24,25). The maximum atomic E-state index is 13.9. The fourth-order valence-electron chi connectivity index (χ4n) is 2.71. The van der Waals surface area contributed by atoms with Gasteiger partial charge in [0, 0.05) is 10.4 Å². The summed E-state index contributed by atoms with van der Waals surface area (Å²) >= 11 is 5.92. The highest BCUT2D eigenvalue weighted by Crippen LogP contribution is 2.34. The summed E-state index contributed by atoms with van der Waals surface area (Å²) in [5.41, 5.74) is 2.27. The van der Waals surface area contributed by atoms with E-state index in [1.165, 1.54) is 10.7 Å². The molecule has 27 heavy (non-hydrogen) atoms. The van der Waals surface area contributed by atoms with Crippen molar-refractivity contribution >= 4 is 41.1 Å². The molecule has 0 spiro atoms. The number of hydrogen-bond donors (Lipinski definition) is 3. The molecule has 9 nitrogen and oxygen atoms in total. The van der Waals surface area contributed by atoms with Gasteiger partial charge in [0.1, 0.15) is 11.9 Å². The molecule has 0 unspecified atom stereocenters. The Balaban J connectivity index is 1.68. The van der Waals surface area contributed by atoms with E-state index in [9.17, 15) is 8.96 Å². The fourth-order valence-corrected chi connectivity index (χ4v) is 3.23. The van der Waals surface area contributed by atoms with Crippen molar-refractivity contribution in [3.05, 3.63) is 46.9 Å². The molecule has 0 amide bonds. The fraction of sp³-hybridized carbons (Fsp3) is 0.133. The quantitative estimate of drug-likeness (QED) is 0.431. The van der Waals surface area contributed by atoms with Gasteiger partial charge in [0.25, 0.3) is 0 Å². The molecule has 2 heterocycles. The first-order chi connectivity index (χ1) is 12.8. The van der Waals surface area contributed by atoms with Gasteiger partial charge in [-0.3, -0.25) is 9.66 Å². The molecule has 0 saturated heterocycles. The minimum atomic E-state index is -4.23. The molecule has 0 saturated carbocycles. The lowest BCUT2D eigenvalue weighted by Gasteiger charge is -2.05. The molecule has 4 rings (SSSR count). The van der Waals surface area contributed by atoms with Gasteiger partial charge in [-0.05, 0) is 30.3 Å². The van der Waals surface area contributed by atoms with Crippen molar-refractivity contribution in [1.82, 2.24) is 25.2 Å². The van der Waals surface area contributed by atoms with Crippen LogP contribution in [0.4, 0.5) is 4.39 Å². The Kier molecular flexibility index (Phi) is 4.45. The van der Waals surface area contributed by atoms with Crippen LogP contribution in [0.5, 0.6) is 0 Å². The van der Waals surface area contributed by atoms with Gasteiger partial charge in [0.05, 0.1) is 29.0 Å². The summed E-state index contributed by atoms with van der Waals surface area (Å²) < 4.78 is 31.3. The molecule has 0 radical (unpaired) electrons. The molecule has 0 bridgehead atoms. The third kappa shape index (κ3) is 3.58. The summed E-state index contributed by atoms with van der Waals surface area (Å²) in [7, 11) is -4.23. The molecule has 0 fully saturated rings. The highest BCUT2D eigenvalue weighted by Gasteiger charge is 2.16. The van der Waals surface area contributed by atoms with Crippen molar-refractivity contribution < 1.29 is 23.5 Å². The monoisotopic (exact) mass is 411 g/mol. The molecule has 12 heteroatoms. The Morgan fingerprint density at radius 2 is 2.11 bits per heavy atom. The number of aromatic amines is 1. The first-order valence-electron chi connectivity index (χ1n) is 7.62. The van der Waals surface area contributed by atoms with Crippen molar-refractivity contribution in [2.75, 3.05) is 6.35 Å². The van der Waals surface area contributed by atoms with Crippen LogP contribution in [-0.4, -0.2) is 41.3 Å². The second-order valence-corrected chi connectivity index (χ2v) is 7.83. The summed E-state index contributed by atoms with van der Waals surface area (Å²) in [5, 5.41) is 15.7. The molecule has 0 aliphatic heterocycles. The van der Waals surface area contributed by atoms with Gasteiger partial charge in [-0.1, -0.05) is 16.8 Å². The smallest absolute Gasteiger partial charge is 0.350 e. The van der Waals surface area contributed by atoms with Crippen LogP contribution in [0.1, 0.15) is 5.69 Å². The van der Waals surface area contributed by atoms with Gasteiger partial charge in [-0.25, -0.2) is 9.07 Å². The van der Waals surface area contributed by atoms with Crippen LogP contribution in [0.3, 0.4) is 0 Å². The van der Waals surface area contributed by atoms with E-state index in [-0.39, 0.29) is 17.1 Å². The average molecular weight is 412 g/mol. The zero-order chi connectivity index (χ0) is 19.2. The molecule has 2 aromatic heterocycles. The van der Waals surface area contributed by atoms with Gasteiger partial charge in [-0.15, -0.1) is 5.10 Å². The van der Waals surface area contributed by atoms with Crippen LogP contribution < -0.4 is 0 Å². The second kappa shape index (κ2) is 6.66.